The molecule has 57 heavy (non-hydrogen) atoms. The SMILES string of the molecule is ClC1=C(Cl)[C-](Cl)C(=C(c2c(Cl)c(Cl)c(Cl)c(Cl)c2Cl)c2c(Cl)c(Cl)c(Cl)c(Cl)c2Cl)[N-]C1=C(c1c(Cl)c(Cl)c(Cl)c(Cl)c1Cl)c1c(Cl)c(Cl)c(Cl)c(Cl)c1Cl.[Na+].[Na+]. The van der Waals surface area contributed by atoms with E-state index in [4.69, 9.17) is 272 Å². The summed E-state index contributed by atoms with van der Waals surface area (Å²) in [6.07, 6.45) is 0. The van der Waals surface area contributed by atoms with Crippen LogP contribution in [0.4, 0.5) is 0 Å². The van der Waals surface area contributed by atoms with E-state index in [1.54, 1.807) is 0 Å². The maximum atomic E-state index is 6.97. The minimum absolute atomic E-state index is 0. The molecule has 1 aliphatic heterocycles. The van der Waals surface area contributed by atoms with E-state index in [-0.39, 0.29) is 215 Å². The van der Waals surface area contributed by atoms with Gasteiger partial charge >= 0.3 is 59.1 Å². The van der Waals surface area contributed by atoms with Crippen molar-refractivity contribution in [2.24, 2.45) is 0 Å². The fraction of sp³-hybridized carbons (Fsp3) is 0. The standard InChI is InChI=1S/C31Cl23N.2Na/c32-7-3(8(33)16(41)23(48)15(7)40)1(4-9(34)17(42)24(49)18(43)10(4)35)30-28(53)27(52)29(54)31(55-30)2(5-11(36)19(44)25(50)20(45)12(5)37)6-13(38)21(46)26(51)22(47)14(6)39;;/q-2;2*+1. The first-order chi connectivity index (χ1) is 25.4. The summed E-state index contributed by atoms with van der Waals surface area (Å²) >= 11 is 153. The summed E-state index contributed by atoms with van der Waals surface area (Å²) in [6.45, 7) is 0. The Kier molecular flexibility index (Phi) is 21.6. The van der Waals surface area contributed by atoms with Crippen LogP contribution in [0.25, 0.3) is 16.5 Å². The first-order valence-corrected chi connectivity index (χ1v) is 22.0. The van der Waals surface area contributed by atoms with Gasteiger partial charge < -0.3 is 5.32 Å². The smallest absolute Gasteiger partial charge is 0.686 e. The summed E-state index contributed by atoms with van der Waals surface area (Å²) in [5.74, 6) is 0. The third-order valence-electron chi connectivity index (χ3n) is 7.34. The van der Waals surface area contributed by atoms with Crippen LogP contribution in [0.3, 0.4) is 0 Å². The van der Waals surface area contributed by atoms with Crippen LogP contribution in [-0.2, 0) is 0 Å². The van der Waals surface area contributed by atoms with Gasteiger partial charge in [0.1, 0.15) is 0 Å². The molecule has 0 radical (unpaired) electrons. The summed E-state index contributed by atoms with van der Waals surface area (Å²) < 4.78 is 0. The Hall–Kier alpha value is 4.44. The molecule has 0 aromatic heterocycles. The monoisotopic (exact) mass is 1240 g/mol. The normalized spacial score (nSPS) is 12.9. The number of allylic oxidation sites excluding steroid dienone is 2. The molecule has 292 valence electrons. The van der Waals surface area contributed by atoms with Crippen LogP contribution in [0.2, 0.25) is 100 Å². The molecule has 0 atom stereocenters. The molecule has 1 aliphatic rings. The molecule has 1 nitrogen and oxygen atoms in total. The summed E-state index contributed by atoms with van der Waals surface area (Å²) in [5, 5.41) is -1.98. The molecule has 26 heteroatoms. The van der Waals surface area contributed by atoms with Gasteiger partial charge in [0.15, 0.2) is 0 Å². The minimum atomic E-state index is -0.396. The molecule has 0 unspecified atom stereocenters. The van der Waals surface area contributed by atoms with Crippen molar-refractivity contribution in [3.63, 3.8) is 0 Å². The molecule has 0 saturated carbocycles. The Bertz CT molecular complexity index is 2250. The van der Waals surface area contributed by atoms with Gasteiger partial charge in [0.25, 0.3) is 0 Å². The first-order valence-electron chi connectivity index (χ1n) is 13.3. The van der Waals surface area contributed by atoms with Gasteiger partial charge in [0.05, 0.1) is 100 Å². The van der Waals surface area contributed by atoms with Crippen LogP contribution in [0.1, 0.15) is 22.3 Å². The van der Waals surface area contributed by atoms with Gasteiger partial charge in [-0.05, 0) is 21.7 Å². The molecule has 0 aliphatic carbocycles. The number of hydrogen-bond acceptors (Lipinski definition) is 0. The molecule has 1 heterocycles. The fourth-order valence-electron chi connectivity index (χ4n) is 4.87. The maximum absolute atomic E-state index is 6.97. The summed E-state index contributed by atoms with van der Waals surface area (Å²) in [7, 11) is 0. The molecule has 0 N–H and O–H groups in total. The Labute approximate surface area is 483 Å². The van der Waals surface area contributed by atoms with Crippen LogP contribution in [0.15, 0.2) is 21.5 Å². The Morgan fingerprint density at radius 2 is 0.491 bits per heavy atom. The van der Waals surface area contributed by atoms with Crippen LogP contribution >= 0.6 is 267 Å². The van der Waals surface area contributed by atoms with E-state index in [0.29, 0.717) is 0 Å². The van der Waals surface area contributed by atoms with Crippen molar-refractivity contribution in [3.05, 3.63) is 155 Å². The van der Waals surface area contributed by atoms with Gasteiger partial charge in [-0.25, -0.2) is 5.70 Å². The fourth-order valence-corrected chi connectivity index (χ4v) is 10.9. The maximum Gasteiger partial charge on any atom is 1.00 e. The number of benzene rings is 4. The topological polar surface area (TPSA) is 14.1 Å². The number of nitrogens with zero attached hydrogens (tertiary/aromatic N) is 1. The molecule has 4 aromatic rings. The van der Waals surface area contributed by atoms with Gasteiger partial charge in [-0.3, -0.25) is 0 Å². The number of hydrogen-bond donors (Lipinski definition) is 0. The molecule has 0 fully saturated rings. The number of halogens is 23. The van der Waals surface area contributed by atoms with Crippen LogP contribution in [0, 0.1) is 5.38 Å². The third kappa shape index (κ3) is 9.89. The van der Waals surface area contributed by atoms with Gasteiger partial charge in [-0.15, -0.1) is 17.2 Å². The largest absolute Gasteiger partial charge is 1.00 e. The average Bonchev–Trinajstić information content (AvgIpc) is 3.16. The molecular formula is C31Cl23NNa2. The van der Waals surface area contributed by atoms with E-state index in [1.165, 1.54) is 0 Å². The summed E-state index contributed by atoms with van der Waals surface area (Å²) in [4.78, 5) is 0. The summed E-state index contributed by atoms with van der Waals surface area (Å²) in [5.41, 5.74) is -2.12. The third-order valence-corrected chi connectivity index (χ3v) is 17.8. The van der Waals surface area contributed by atoms with E-state index in [0.717, 1.165) is 0 Å². The molecule has 0 spiro atoms. The van der Waals surface area contributed by atoms with Crippen molar-refractivity contribution in [1.82, 2.24) is 0 Å². The average molecular weight is 1250 g/mol. The quantitative estimate of drug-likeness (QED) is 0.0837. The van der Waals surface area contributed by atoms with Crippen molar-refractivity contribution in [1.29, 1.82) is 0 Å². The van der Waals surface area contributed by atoms with Crippen LogP contribution < -0.4 is 59.1 Å². The zero-order valence-electron chi connectivity index (χ0n) is 26.6. The van der Waals surface area contributed by atoms with Crippen molar-refractivity contribution >= 4 is 278 Å². The van der Waals surface area contributed by atoms with Crippen molar-refractivity contribution < 1.29 is 59.1 Å². The minimum Gasteiger partial charge on any atom is -0.686 e. The van der Waals surface area contributed by atoms with Crippen LogP contribution in [-0.4, -0.2) is 0 Å². The summed E-state index contributed by atoms with van der Waals surface area (Å²) in [6, 6.07) is 0. The van der Waals surface area contributed by atoms with E-state index in [9.17, 15) is 0 Å². The molecule has 4 aromatic carbocycles. The second kappa shape index (κ2) is 22.0. The predicted octanol–water partition coefficient (Wildman–Crippen LogP) is 16.8. The molecular weight excluding hydrogens is 1250 g/mol. The molecule has 0 saturated heterocycles. The molecule has 0 amide bonds. The van der Waals surface area contributed by atoms with E-state index in [2.05, 4.69) is 0 Å². The predicted molar refractivity (Wildman–Crippen MR) is 249 cm³/mol. The number of rotatable bonds is 4. The van der Waals surface area contributed by atoms with Crippen LogP contribution in [0.5, 0.6) is 0 Å². The van der Waals surface area contributed by atoms with Crippen molar-refractivity contribution in [3.8, 4) is 0 Å². The molecule has 0 bridgehead atoms. The Morgan fingerprint density at radius 1 is 0.298 bits per heavy atom. The van der Waals surface area contributed by atoms with Crippen molar-refractivity contribution in [2.45, 2.75) is 0 Å². The first kappa shape index (κ1) is 55.8. The van der Waals surface area contributed by atoms with Gasteiger partial charge in [0, 0.05) is 11.1 Å². The van der Waals surface area contributed by atoms with Gasteiger partial charge in [0.2, 0.25) is 0 Å². The van der Waals surface area contributed by atoms with Gasteiger partial charge in [-0.1, -0.05) is 242 Å². The van der Waals surface area contributed by atoms with E-state index < -0.39 is 5.03 Å². The second-order valence-corrected chi connectivity index (χ2v) is 19.0. The van der Waals surface area contributed by atoms with Gasteiger partial charge in [-0.2, -0.15) is 28.9 Å². The van der Waals surface area contributed by atoms with Crippen molar-refractivity contribution in [2.75, 3.05) is 0 Å². The Morgan fingerprint density at radius 3 is 0.719 bits per heavy atom. The molecule has 5 rings (SSSR count). The Balaban J connectivity index is 0.00000435. The van der Waals surface area contributed by atoms with E-state index in [1.807, 2.05) is 0 Å². The zero-order chi connectivity index (χ0) is 41.6. The van der Waals surface area contributed by atoms with E-state index >= 15 is 0 Å². The second-order valence-electron chi connectivity index (χ2n) is 10.3. The zero-order valence-corrected chi connectivity index (χ0v) is 48.0.